The Morgan fingerprint density at radius 1 is 1.59 bits per heavy atom. The highest BCUT2D eigenvalue weighted by Gasteiger charge is 2.21. The third kappa shape index (κ3) is 3.16. The Hall–Kier alpha value is -0.220. The number of aromatic nitrogens is 1. The summed E-state index contributed by atoms with van der Waals surface area (Å²) in [6.45, 7) is 6.71. The Balaban J connectivity index is 2.16. The molecule has 1 saturated heterocycles. The van der Waals surface area contributed by atoms with Gasteiger partial charge in [-0.3, -0.25) is 0 Å². The number of thioether (sulfide) groups is 1. The third-order valence-corrected chi connectivity index (χ3v) is 5.17. The van der Waals surface area contributed by atoms with E-state index in [1.807, 2.05) is 6.20 Å². The normalized spacial score (nSPS) is 20.6. The molecule has 1 aliphatic heterocycles. The number of alkyl halides is 1. The molecule has 17 heavy (non-hydrogen) atoms. The molecule has 1 fully saturated rings. The zero-order valence-electron chi connectivity index (χ0n) is 10.4. The molecule has 1 aliphatic rings. The second-order valence-corrected chi connectivity index (χ2v) is 6.43. The molecule has 2 rings (SSSR count). The second kappa shape index (κ2) is 6.10. The average Bonchev–Trinajstić information content (AvgIpc) is 2.38. The van der Waals surface area contributed by atoms with Gasteiger partial charge in [0.15, 0.2) is 0 Å². The summed E-state index contributed by atoms with van der Waals surface area (Å²) in [5, 5.41) is 1.65. The van der Waals surface area contributed by atoms with Crippen LogP contribution in [-0.2, 0) is 5.33 Å². The predicted molar refractivity (Wildman–Crippen MR) is 80.4 cm³/mol. The quantitative estimate of drug-likeness (QED) is 0.793. The van der Waals surface area contributed by atoms with Crippen molar-refractivity contribution < 1.29 is 0 Å². The fourth-order valence-corrected chi connectivity index (χ4v) is 3.68. The third-order valence-electron chi connectivity index (χ3n) is 3.16. The number of anilines is 1. The van der Waals surface area contributed by atoms with E-state index in [1.165, 1.54) is 29.1 Å². The van der Waals surface area contributed by atoms with E-state index >= 15 is 0 Å². The topological polar surface area (TPSA) is 16.1 Å². The standard InChI is InChI=1S/C13H19BrN2S/c1-3-12-9-16(4-5-17-12)13-10(2)6-11(7-14)8-15-13/h6,8,12H,3-5,7,9H2,1-2H3. The van der Waals surface area contributed by atoms with E-state index in [-0.39, 0.29) is 0 Å². The molecular formula is C13H19BrN2S. The van der Waals surface area contributed by atoms with Gasteiger partial charge in [-0.25, -0.2) is 4.98 Å². The molecule has 0 bridgehead atoms. The van der Waals surface area contributed by atoms with E-state index in [0.29, 0.717) is 0 Å². The van der Waals surface area contributed by atoms with Gasteiger partial charge in [-0.1, -0.05) is 28.9 Å². The predicted octanol–water partition coefficient (Wildman–Crippen LogP) is 3.62. The number of pyridine rings is 1. The lowest BCUT2D eigenvalue weighted by Crippen LogP contribution is -2.38. The van der Waals surface area contributed by atoms with E-state index in [2.05, 4.69) is 57.5 Å². The summed E-state index contributed by atoms with van der Waals surface area (Å²) in [7, 11) is 0. The first-order valence-electron chi connectivity index (χ1n) is 6.12. The molecule has 0 spiro atoms. The number of hydrogen-bond donors (Lipinski definition) is 0. The van der Waals surface area contributed by atoms with E-state index in [4.69, 9.17) is 0 Å². The van der Waals surface area contributed by atoms with Crippen LogP contribution < -0.4 is 4.90 Å². The van der Waals surface area contributed by atoms with Crippen molar-refractivity contribution in [2.45, 2.75) is 30.8 Å². The van der Waals surface area contributed by atoms with Crippen molar-refractivity contribution in [2.75, 3.05) is 23.7 Å². The first-order valence-corrected chi connectivity index (χ1v) is 8.29. The van der Waals surface area contributed by atoms with Gasteiger partial charge >= 0.3 is 0 Å². The Bertz CT molecular complexity index is 384. The van der Waals surface area contributed by atoms with Gasteiger partial charge in [0.1, 0.15) is 5.82 Å². The van der Waals surface area contributed by atoms with Gasteiger partial charge in [-0.15, -0.1) is 0 Å². The fourth-order valence-electron chi connectivity index (χ4n) is 2.19. The van der Waals surface area contributed by atoms with E-state index in [1.54, 1.807) is 0 Å². The van der Waals surface area contributed by atoms with Gasteiger partial charge in [0.05, 0.1) is 0 Å². The van der Waals surface area contributed by atoms with Gasteiger partial charge in [-0.05, 0) is 24.5 Å². The molecule has 1 aromatic heterocycles. The minimum absolute atomic E-state index is 0.765. The van der Waals surface area contributed by atoms with Crippen LogP contribution in [0, 0.1) is 6.92 Å². The van der Waals surface area contributed by atoms with Crippen LogP contribution in [0.25, 0.3) is 0 Å². The maximum atomic E-state index is 4.63. The number of aryl methyl sites for hydroxylation is 1. The smallest absolute Gasteiger partial charge is 0.131 e. The van der Waals surface area contributed by atoms with Crippen LogP contribution in [0.15, 0.2) is 12.3 Å². The number of halogens is 1. The molecule has 94 valence electrons. The Labute approximate surface area is 116 Å². The van der Waals surface area contributed by atoms with Crippen molar-refractivity contribution >= 4 is 33.5 Å². The number of rotatable bonds is 3. The second-order valence-electron chi connectivity index (χ2n) is 4.46. The summed E-state index contributed by atoms with van der Waals surface area (Å²) in [6.07, 6.45) is 3.24. The fraction of sp³-hybridized carbons (Fsp3) is 0.615. The Kier molecular flexibility index (Phi) is 4.74. The molecule has 0 amide bonds. The van der Waals surface area contributed by atoms with Crippen molar-refractivity contribution in [3.63, 3.8) is 0 Å². The first kappa shape index (κ1) is 13.2. The van der Waals surface area contributed by atoms with Gasteiger partial charge in [-0.2, -0.15) is 11.8 Å². The number of nitrogens with zero attached hydrogens (tertiary/aromatic N) is 2. The highest BCUT2D eigenvalue weighted by molar-refractivity contribution is 9.08. The molecular weight excluding hydrogens is 296 g/mol. The van der Waals surface area contributed by atoms with Crippen molar-refractivity contribution in [2.24, 2.45) is 0 Å². The summed E-state index contributed by atoms with van der Waals surface area (Å²) < 4.78 is 0. The molecule has 1 aromatic rings. The van der Waals surface area contributed by atoms with E-state index in [0.717, 1.165) is 23.7 Å². The van der Waals surface area contributed by atoms with Crippen LogP contribution in [0.1, 0.15) is 24.5 Å². The van der Waals surface area contributed by atoms with Crippen molar-refractivity contribution in [1.29, 1.82) is 0 Å². The summed E-state index contributed by atoms with van der Waals surface area (Å²) in [6, 6.07) is 2.24. The molecule has 0 aliphatic carbocycles. The molecule has 1 atom stereocenters. The van der Waals surface area contributed by atoms with Crippen molar-refractivity contribution in [3.8, 4) is 0 Å². The van der Waals surface area contributed by atoms with Gasteiger partial charge < -0.3 is 4.90 Å². The lowest BCUT2D eigenvalue weighted by atomic mass is 10.2. The minimum atomic E-state index is 0.765. The highest BCUT2D eigenvalue weighted by Crippen LogP contribution is 2.27. The zero-order valence-corrected chi connectivity index (χ0v) is 12.9. The van der Waals surface area contributed by atoms with Gasteiger partial charge in [0.25, 0.3) is 0 Å². The lowest BCUT2D eigenvalue weighted by Gasteiger charge is -2.33. The molecule has 0 N–H and O–H groups in total. The minimum Gasteiger partial charge on any atom is -0.354 e. The molecule has 0 saturated carbocycles. The average molecular weight is 315 g/mol. The van der Waals surface area contributed by atoms with Crippen molar-refractivity contribution in [3.05, 3.63) is 23.4 Å². The van der Waals surface area contributed by atoms with E-state index < -0.39 is 0 Å². The van der Waals surface area contributed by atoms with Crippen molar-refractivity contribution in [1.82, 2.24) is 4.98 Å². The van der Waals surface area contributed by atoms with Crippen LogP contribution in [0.4, 0.5) is 5.82 Å². The van der Waals surface area contributed by atoms with Crippen LogP contribution in [0.2, 0.25) is 0 Å². The summed E-state index contributed by atoms with van der Waals surface area (Å²) >= 11 is 5.57. The monoisotopic (exact) mass is 314 g/mol. The van der Waals surface area contributed by atoms with Gasteiger partial charge in [0.2, 0.25) is 0 Å². The summed E-state index contributed by atoms with van der Waals surface area (Å²) in [5.74, 6) is 2.40. The maximum Gasteiger partial charge on any atom is 0.131 e. The zero-order chi connectivity index (χ0) is 12.3. The highest BCUT2D eigenvalue weighted by atomic mass is 79.9. The van der Waals surface area contributed by atoms with Crippen LogP contribution in [0.5, 0.6) is 0 Å². The first-order chi connectivity index (χ1) is 8.24. The molecule has 0 aromatic carbocycles. The van der Waals surface area contributed by atoms with Crippen LogP contribution in [0.3, 0.4) is 0 Å². The molecule has 0 radical (unpaired) electrons. The summed E-state index contributed by atoms with van der Waals surface area (Å²) in [4.78, 5) is 7.07. The lowest BCUT2D eigenvalue weighted by molar-refractivity contribution is 0.717. The largest absolute Gasteiger partial charge is 0.354 e. The maximum absolute atomic E-state index is 4.63. The van der Waals surface area contributed by atoms with E-state index in [9.17, 15) is 0 Å². The molecule has 1 unspecified atom stereocenters. The molecule has 2 nitrogen and oxygen atoms in total. The van der Waals surface area contributed by atoms with Crippen LogP contribution >= 0.6 is 27.7 Å². The molecule has 4 heteroatoms. The van der Waals surface area contributed by atoms with Crippen LogP contribution in [-0.4, -0.2) is 29.1 Å². The Morgan fingerprint density at radius 2 is 2.41 bits per heavy atom. The Morgan fingerprint density at radius 3 is 3.06 bits per heavy atom. The SMILES string of the molecule is CCC1CN(c2ncc(CBr)cc2C)CCS1. The molecule has 2 heterocycles. The van der Waals surface area contributed by atoms with Gasteiger partial charge in [0, 0.05) is 35.6 Å². The summed E-state index contributed by atoms with van der Waals surface area (Å²) in [5.41, 5.74) is 2.55. The number of hydrogen-bond acceptors (Lipinski definition) is 3.